The number of hydrogen-bond donors (Lipinski definition) is 0. The van der Waals surface area contributed by atoms with Gasteiger partial charge < -0.3 is 0 Å². The van der Waals surface area contributed by atoms with Crippen LogP contribution in [0.4, 0.5) is 0 Å². The van der Waals surface area contributed by atoms with Crippen molar-refractivity contribution in [2.45, 2.75) is 19.3 Å². The van der Waals surface area contributed by atoms with E-state index in [0.29, 0.717) is 10.5 Å². The number of rotatable bonds is 2. The van der Waals surface area contributed by atoms with Crippen LogP contribution in [0.1, 0.15) is 23.8 Å². The van der Waals surface area contributed by atoms with Crippen molar-refractivity contribution in [1.29, 1.82) is 0 Å². The summed E-state index contributed by atoms with van der Waals surface area (Å²) in [6.07, 6.45) is -5.61. The number of imide groups is 1. The molecule has 0 atom stereocenters. The summed E-state index contributed by atoms with van der Waals surface area (Å²) < 4.78 is 29.6. The van der Waals surface area contributed by atoms with Crippen LogP contribution >= 0.6 is 0 Å². The lowest BCUT2D eigenvalue weighted by molar-refractivity contribution is -0.139. The molecule has 72 valence electrons. The fourth-order valence-corrected chi connectivity index (χ4v) is 1.24. The van der Waals surface area contributed by atoms with Gasteiger partial charge in [-0.2, -0.15) is 0 Å². The molecule has 0 bridgehead atoms. The Bertz CT molecular complexity index is 475. The van der Waals surface area contributed by atoms with Gasteiger partial charge in [0.1, 0.15) is 0 Å². The van der Waals surface area contributed by atoms with Gasteiger partial charge in [0.05, 0.1) is 6.54 Å². The first-order valence-electron chi connectivity index (χ1n) is 6.19. The summed E-state index contributed by atoms with van der Waals surface area (Å²) in [6.45, 7) is -0.114. The van der Waals surface area contributed by atoms with Gasteiger partial charge in [-0.1, -0.05) is 30.3 Å². The molecule has 2 amide bonds. The lowest BCUT2D eigenvalue weighted by Gasteiger charge is -2.13. The minimum Gasteiger partial charge on any atom is -0.278 e. The third kappa shape index (κ3) is 1.66. The van der Waals surface area contributed by atoms with Gasteiger partial charge >= 0.3 is 0 Å². The van der Waals surface area contributed by atoms with Crippen LogP contribution in [0.15, 0.2) is 30.3 Å². The van der Waals surface area contributed by atoms with E-state index in [-0.39, 0.29) is 6.54 Å². The predicted octanol–water partition coefficient (Wildman–Crippen LogP) is 1.34. The van der Waals surface area contributed by atoms with Crippen molar-refractivity contribution in [3.8, 4) is 0 Å². The van der Waals surface area contributed by atoms with Gasteiger partial charge in [0.15, 0.2) is 0 Å². The first-order chi connectivity index (χ1) is 8.28. The highest BCUT2D eigenvalue weighted by atomic mass is 16.2. The number of nitrogens with zero attached hydrogens (tertiary/aromatic N) is 1. The molecule has 1 aliphatic heterocycles. The first-order valence-corrected chi connectivity index (χ1v) is 4.19. The molecule has 1 aliphatic rings. The topological polar surface area (TPSA) is 37.4 Å². The van der Waals surface area contributed by atoms with Crippen LogP contribution in [-0.4, -0.2) is 16.7 Å². The predicted molar refractivity (Wildman–Crippen MR) is 51.2 cm³/mol. The highest BCUT2D eigenvalue weighted by Gasteiger charge is 2.28. The standard InChI is InChI=1S/C11H11NO2/c13-10-6-7-11(14)12(10)8-9-4-2-1-3-5-9/h1-5H,6-8H2/i6D2,7D2. The van der Waals surface area contributed by atoms with E-state index in [2.05, 4.69) is 0 Å². The minimum absolute atomic E-state index is 0.114. The Kier molecular flexibility index (Phi) is 1.37. The molecule has 0 N–H and O–H groups in total. The Balaban J connectivity index is 2.31. The molecular weight excluding hydrogens is 178 g/mol. The van der Waals surface area contributed by atoms with Crippen LogP contribution in [0, 0.1) is 0 Å². The molecule has 0 unspecified atom stereocenters. The largest absolute Gasteiger partial charge is 0.278 e. The summed E-state index contributed by atoms with van der Waals surface area (Å²) >= 11 is 0. The first kappa shape index (κ1) is 5.29. The highest BCUT2D eigenvalue weighted by molar-refractivity contribution is 6.01. The minimum atomic E-state index is -2.81. The Morgan fingerprint density at radius 1 is 1.14 bits per heavy atom. The summed E-state index contributed by atoms with van der Waals surface area (Å²) in [7, 11) is 0. The third-order valence-corrected chi connectivity index (χ3v) is 1.95. The quantitative estimate of drug-likeness (QED) is 0.664. The SMILES string of the molecule is [2H]C1([2H])C(=O)N(Cc2ccccc2)C(=O)C1([2H])[2H]. The van der Waals surface area contributed by atoms with E-state index < -0.39 is 24.6 Å². The number of benzene rings is 1. The van der Waals surface area contributed by atoms with Gasteiger partial charge in [0.25, 0.3) is 0 Å². The number of likely N-dealkylation sites (tertiary alicyclic amines) is 1. The van der Waals surface area contributed by atoms with Crippen LogP contribution in [0.3, 0.4) is 0 Å². The van der Waals surface area contributed by atoms with Crippen molar-refractivity contribution in [3.63, 3.8) is 0 Å². The van der Waals surface area contributed by atoms with Crippen molar-refractivity contribution in [1.82, 2.24) is 4.90 Å². The van der Waals surface area contributed by atoms with Crippen LogP contribution in [0.25, 0.3) is 0 Å². The Morgan fingerprint density at radius 3 is 2.29 bits per heavy atom. The van der Waals surface area contributed by atoms with Crippen LogP contribution in [-0.2, 0) is 16.1 Å². The van der Waals surface area contributed by atoms with Gasteiger partial charge in [-0.15, -0.1) is 0 Å². The van der Waals surface area contributed by atoms with Gasteiger partial charge in [-0.3, -0.25) is 14.5 Å². The Labute approximate surface area is 88.0 Å². The number of carbonyl (C=O) groups excluding carboxylic acids is 2. The average Bonchev–Trinajstić information content (AvgIpc) is 2.44. The second-order valence-corrected chi connectivity index (χ2v) is 2.93. The van der Waals surface area contributed by atoms with E-state index in [0.717, 1.165) is 0 Å². The number of carbonyl (C=O) groups is 2. The fourth-order valence-electron chi connectivity index (χ4n) is 1.24. The van der Waals surface area contributed by atoms with Gasteiger partial charge in [0.2, 0.25) is 11.8 Å². The maximum Gasteiger partial charge on any atom is 0.229 e. The summed E-state index contributed by atoms with van der Waals surface area (Å²) in [5.41, 5.74) is 0.646. The monoisotopic (exact) mass is 193 g/mol. The molecule has 0 aliphatic carbocycles. The molecule has 1 fully saturated rings. The van der Waals surface area contributed by atoms with Crippen molar-refractivity contribution >= 4 is 11.8 Å². The molecule has 2 rings (SSSR count). The lowest BCUT2D eigenvalue weighted by atomic mass is 10.2. The zero-order valence-corrected chi connectivity index (χ0v) is 7.36. The summed E-state index contributed by atoms with van der Waals surface area (Å²) in [6, 6.07) is 8.59. The molecule has 0 aromatic heterocycles. The molecule has 0 saturated carbocycles. The fraction of sp³-hybridized carbons (Fsp3) is 0.273. The van der Waals surface area contributed by atoms with E-state index in [4.69, 9.17) is 5.48 Å². The second kappa shape index (κ2) is 3.62. The Hall–Kier alpha value is -1.64. The van der Waals surface area contributed by atoms with Crippen LogP contribution < -0.4 is 0 Å². The zero-order chi connectivity index (χ0) is 13.6. The molecule has 1 aromatic carbocycles. The molecule has 3 nitrogen and oxygen atoms in total. The van der Waals surface area contributed by atoms with E-state index in [9.17, 15) is 9.59 Å². The van der Waals surface area contributed by atoms with Gasteiger partial charge in [-0.25, -0.2) is 0 Å². The smallest absolute Gasteiger partial charge is 0.229 e. The number of amides is 2. The second-order valence-electron chi connectivity index (χ2n) is 2.93. The zero-order valence-electron chi connectivity index (χ0n) is 11.4. The molecular formula is C11H11NO2. The van der Waals surface area contributed by atoms with Crippen LogP contribution in [0.2, 0.25) is 0 Å². The van der Waals surface area contributed by atoms with E-state index in [1.165, 1.54) is 0 Å². The molecule has 14 heavy (non-hydrogen) atoms. The molecule has 0 spiro atoms. The van der Waals surface area contributed by atoms with E-state index >= 15 is 0 Å². The highest BCUT2D eigenvalue weighted by Crippen LogP contribution is 2.15. The summed E-state index contributed by atoms with van der Waals surface area (Å²) in [5.74, 6) is -2.25. The van der Waals surface area contributed by atoms with Crippen LogP contribution in [0.5, 0.6) is 0 Å². The van der Waals surface area contributed by atoms with Crippen molar-refractivity contribution in [2.75, 3.05) is 0 Å². The molecule has 3 heteroatoms. The normalized spacial score (nSPS) is 27.9. The number of hydrogen-bond acceptors (Lipinski definition) is 2. The van der Waals surface area contributed by atoms with Crippen molar-refractivity contribution in [3.05, 3.63) is 35.9 Å². The summed E-state index contributed by atoms with van der Waals surface area (Å²) in [4.78, 5) is 24.1. The van der Waals surface area contributed by atoms with Gasteiger partial charge in [0, 0.05) is 18.2 Å². The molecule has 1 heterocycles. The molecule has 0 radical (unpaired) electrons. The molecule has 1 saturated heterocycles. The van der Waals surface area contributed by atoms with Gasteiger partial charge in [-0.05, 0) is 5.56 Å². The maximum atomic E-state index is 11.7. The van der Waals surface area contributed by atoms with Crippen molar-refractivity contribution in [2.24, 2.45) is 0 Å². The maximum absolute atomic E-state index is 11.7. The van der Waals surface area contributed by atoms with E-state index in [1.54, 1.807) is 30.3 Å². The van der Waals surface area contributed by atoms with E-state index in [1.807, 2.05) is 0 Å². The third-order valence-electron chi connectivity index (χ3n) is 1.95. The Morgan fingerprint density at radius 2 is 1.71 bits per heavy atom. The molecule has 1 aromatic rings. The summed E-state index contributed by atoms with van der Waals surface area (Å²) in [5, 5.41) is 0. The van der Waals surface area contributed by atoms with Crippen molar-refractivity contribution < 1.29 is 15.1 Å². The average molecular weight is 193 g/mol. The lowest BCUT2D eigenvalue weighted by Crippen LogP contribution is -2.28.